The van der Waals surface area contributed by atoms with Crippen LogP contribution >= 0.6 is 15.9 Å². The summed E-state index contributed by atoms with van der Waals surface area (Å²) in [5.74, 6) is 0.879. The van der Waals surface area contributed by atoms with Crippen molar-refractivity contribution in [3.8, 4) is 5.88 Å². The third-order valence-electron chi connectivity index (χ3n) is 2.42. The standard InChI is InChI=1S/C12H13BrN4O/c1-7-3-4-8(13)9(5-7)17-11-10(14)12(18-2)16-6-15-11/h3-6H,14H2,1-2H3,(H,15,16,17). The number of benzene rings is 1. The molecule has 1 aromatic carbocycles. The van der Waals surface area contributed by atoms with Crippen LogP contribution in [0.5, 0.6) is 5.88 Å². The van der Waals surface area contributed by atoms with Gasteiger partial charge in [0.1, 0.15) is 12.0 Å². The number of nitrogens with one attached hydrogen (secondary N) is 1. The first kappa shape index (κ1) is 12.6. The van der Waals surface area contributed by atoms with E-state index in [0.29, 0.717) is 17.4 Å². The maximum Gasteiger partial charge on any atom is 0.242 e. The second-order valence-electron chi connectivity index (χ2n) is 3.75. The Morgan fingerprint density at radius 2 is 2.11 bits per heavy atom. The van der Waals surface area contributed by atoms with E-state index < -0.39 is 0 Å². The Labute approximate surface area is 114 Å². The Bertz CT molecular complexity index is 574. The van der Waals surface area contributed by atoms with E-state index in [1.165, 1.54) is 13.4 Å². The molecule has 0 fully saturated rings. The smallest absolute Gasteiger partial charge is 0.242 e. The number of hydrogen-bond donors (Lipinski definition) is 2. The second-order valence-corrected chi connectivity index (χ2v) is 4.61. The summed E-state index contributed by atoms with van der Waals surface area (Å²) in [5, 5.41) is 3.15. The van der Waals surface area contributed by atoms with Crippen LogP contribution in [-0.4, -0.2) is 17.1 Å². The molecule has 0 aliphatic rings. The molecule has 0 aliphatic carbocycles. The van der Waals surface area contributed by atoms with Crippen molar-refractivity contribution in [2.24, 2.45) is 0 Å². The fraction of sp³-hybridized carbons (Fsp3) is 0.167. The summed E-state index contributed by atoms with van der Waals surface area (Å²) >= 11 is 3.47. The molecule has 5 nitrogen and oxygen atoms in total. The highest BCUT2D eigenvalue weighted by Crippen LogP contribution is 2.31. The number of nitrogens with zero attached hydrogens (tertiary/aromatic N) is 2. The van der Waals surface area contributed by atoms with Crippen molar-refractivity contribution >= 4 is 33.1 Å². The molecule has 0 amide bonds. The van der Waals surface area contributed by atoms with Gasteiger partial charge in [-0.2, -0.15) is 4.98 Å². The minimum atomic E-state index is 0.358. The summed E-state index contributed by atoms with van der Waals surface area (Å²) in [6, 6.07) is 5.98. The number of aryl methyl sites for hydroxylation is 1. The van der Waals surface area contributed by atoms with Crippen LogP contribution in [0.15, 0.2) is 29.0 Å². The molecule has 0 saturated carbocycles. The number of rotatable bonds is 3. The van der Waals surface area contributed by atoms with Crippen LogP contribution in [0.2, 0.25) is 0 Å². The van der Waals surface area contributed by atoms with Gasteiger partial charge in [0.15, 0.2) is 5.82 Å². The van der Waals surface area contributed by atoms with Crippen molar-refractivity contribution in [3.63, 3.8) is 0 Å². The Morgan fingerprint density at radius 3 is 2.83 bits per heavy atom. The van der Waals surface area contributed by atoms with Gasteiger partial charge in [-0.05, 0) is 40.5 Å². The van der Waals surface area contributed by atoms with Crippen molar-refractivity contribution in [1.82, 2.24) is 9.97 Å². The van der Waals surface area contributed by atoms with Crippen molar-refractivity contribution in [1.29, 1.82) is 0 Å². The lowest BCUT2D eigenvalue weighted by molar-refractivity contribution is 0.399. The fourth-order valence-corrected chi connectivity index (χ4v) is 1.85. The van der Waals surface area contributed by atoms with Gasteiger partial charge in [-0.25, -0.2) is 4.98 Å². The van der Waals surface area contributed by atoms with Crippen LogP contribution < -0.4 is 15.8 Å². The molecule has 2 rings (SSSR count). The first-order valence-corrected chi connectivity index (χ1v) is 6.08. The molecule has 0 aliphatic heterocycles. The third kappa shape index (κ3) is 2.53. The molecule has 0 saturated heterocycles. The first-order chi connectivity index (χ1) is 8.61. The summed E-state index contributed by atoms with van der Waals surface area (Å²) < 4.78 is 5.98. The molecule has 1 heterocycles. The molecule has 0 unspecified atom stereocenters. The minimum absolute atomic E-state index is 0.358. The van der Waals surface area contributed by atoms with Crippen molar-refractivity contribution < 1.29 is 4.74 Å². The number of aromatic nitrogens is 2. The quantitative estimate of drug-likeness (QED) is 0.912. The predicted octanol–water partition coefficient (Wildman–Crippen LogP) is 2.88. The van der Waals surface area contributed by atoms with Gasteiger partial charge in [0.05, 0.1) is 12.8 Å². The summed E-state index contributed by atoms with van der Waals surface area (Å²) in [7, 11) is 1.52. The average Bonchev–Trinajstić information content (AvgIpc) is 2.36. The number of anilines is 3. The zero-order valence-electron chi connectivity index (χ0n) is 10.1. The van der Waals surface area contributed by atoms with Crippen LogP contribution in [-0.2, 0) is 0 Å². The number of ether oxygens (including phenoxy) is 1. The van der Waals surface area contributed by atoms with Crippen LogP contribution in [0, 0.1) is 6.92 Å². The first-order valence-electron chi connectivity index (χ1n) is 5.29. The van der Waals surface area contributed by atoms with Gasteiger partial charge in [-0.1, -0.05) is 6.07 Å². The SMILES string of the molecule is COc1ncnc(Nc2cc(C)ccc2Br)c1N. The maximum atomic E-state index is 5.90. The summed E-state index contributed by atoms with van der Waals surface area (Å²) in [4.78, 5) is 8.03. The van der Waals surface area contributed by atoms with E-state index in [1.807, 2.05) is 25.1 Å². The molecule has 3 N–H and O–H groups in total. The summed E-state index contributed by atoms with van der Waals surface area (Å²) in [6.07, 6.45) is 1.40. The van der Waals surface area contributed by atoms with E-state index >= 15 is 0 Å². The number of methoxy groups -OCH3 is 1. The van der Waals surface area contributed by atoms with Crippen LogP contribution in [0.4, 0.5) is 17.2 Å². The molecule has 6 heteroatoms. The molecule has 94 valence electrons. The molecule has 1 aromatic heterocycles. The number of nitrogens with two attached hydrogens (primary N) is 1. The van der Waals surface area contributed by atoms with Crippen LogP contribution in [0.25, 0.3) is 0 Å². The Kier molecular flexibility index (Phi) is 3.66. The zero-order chi connectivity index (χ0) is 13.1. The second kappa shape index (κ2) is 5.22. The molecule has 0 atom stereocenters. The minimum Gasteiger partial charge on any atom is -0.479 e. The van der Waals surface area contributed by atoms with E-state index in [0.717, 1.165) is 15.7 Å². The Balaban J connectivity index is 2.37. The molecule has 0 bridgehead atoms. The lowest BCUT2D eigenvalue weighted by atomic mass is 10.2. The zero-order valence-corrected chi connectivity index (χ0v) is 11.7. The van der Waals surface area contributed by atoms with Gasteiger partial charge in [0, 0.05) is 4.47 Å². The van der Waals surface area contributed by atoms with Gasteiger partial charge < -0.3 is 15.8 Å². The predicted molar refractivity (Wildman–Crippen MR) is 75.2 cm³/mol. The highest BCUT2D eigenvalue weighted by atomic mass is 79.9. The van der Waals surface area contributed by atoms with Crippen LogP contribution in [0.1, 0.15) is 5.56 Å². The highest BCUT2D eigenvalue weighted by molar-refractivity contribution is 9.10. The fourth-order valence-electron chi connectivity index (χ4n) is 1.50. The van der Waals surface area contributed by atoms with Crippen molar-refractivity contribution in [2.75, 3.05) is 18.2 Å². The Hall–Kier alpha value is -1.82. The summed E-state index contributed by atoms with van der Waals surface area (Å²) in [5.41, 5.74) is 8.32. The average molecular weight is 309 g/mol. The molecule has 0 radical (unpaired) electrons. The van der Waals surface area contributed by atoms with E-state index in [1.54, 1.807) is 0 Å². The Morgan fingerprint density at radius 1 is 1.33 bits per heavy atom. The molecular weight excluding hydrogens is 296 g/mol. The largest absolute Gasteiger partial charge is 0.479 e. The van der Waals surface area contributed by atoms with Gasteiger partial charge in [-0.3, -0.25) is 0 Å². The molecule has 18 heavy (non-hydrogen) atoms. The van der Waals surface area contributed by atoms with E-state index in [2.05, 4.69) is 31.2 Å². The van der Waals surface area contributed by atoms with Crippen molar-refractivity contribution in [3.05, 3.63) is 34.6 Å². The lowest BCUT2D eigenvalue weighted by Gasteiger charge is -2.11. The van der Waals surface area contributed by atoms with Gasteiger partial charge in [0.25, 0.3) is 0 Å². The number of hydrogen-bond acceptors (Lipinski definition) is 5. The van der Waals surface area contributed by atoms with Gasteiger partial charge in [-0.15, -0.1) is 0 Å². The normalized spacial score (nSPS) is 10.2. The maximum absolute atomic E-state index is 5.90. The van der Waals surface area contributed by atoms with Gasteiger partial charge >= 0.3 is 0 Å². The number of halogens is 1. The summed E-state index contributed by atoms with van der Waals surface area (Å²) in [6.45, 7) is 2.02. The molecule has 2 aromatic rings. The van der Waals surface area contributed by atoms with E-state index in [4.69, 9.17) is 10.5 Å². The lowest BCUT2D eigenvalue weighted by Crippen LogP contribution is -2.03. The number of nitrogen functional groups attached to an aromatic ring is 1. The van der Waals surface area contributed by atoms with E-state index in [9.17, 15) is 0 Å². The third-order valence-corrected chi connectivity index (χ3v) is 3.11. The monoisotopic (exact) mass is 308 g/mol. The topological polar surface area (TPSA) is 73.1 Å². The van der Waals surface area contributed by atoms with E-state index in [-0.39, 0.29) is 0 Å². The molecular formula is C12H13BrN4O. The highest BCUT2D eigenvalue weighted by Gasteiger charge is 2.09. The van der Waals surface area contributed by atoms with Gasteiger partial charge in [0.2, 0.25) is 5.88 Å². The molecule has 0 spiro atoms. The van der Waals surface area contributed by atoms with Crippen molar-refractivity contribution in [2.45, 2.75) is 6.92 Å². The van der Waals surface area contributed by atoms with Crippen LogP contribution in [0.3, 0.4) is 0 Å².